The summed E-state index contributed by atoms with van der Waals surface area (Å²) in [5, 5.41) is 18.3. The molecule has 1 aromatic heterocycles. The summed E-state index contributed by atoms with van der Waals surface area (Å²) in [6.45, 7) is 1.94. The minimum atomic E-state index is -0.275. The molecule has 1 aliphatic rings. The molecule has 1 heterocycles. The average Bonchev–Trinajstić information content (AvgIpc) is 2.63. The molecule has 1 fully saturated rings. The van der Waals surface area contributed by atoms with Gasteiger partial charge in [0.1, 0.15) is 5.82 Å². The van der Waals surface area contributed by atoms with Gasteiger partial charge in [-0.2, -0.15) is 0 Å². The van der Waals surface area contributed by atoms with E-state index in [0.29, 0.717) is 18.7 Å². The molecule has 0 saturated heterocycles. The zero-order chi connectivity index (χ0) is 10.8. The second kappa shape index (κ2) is 3.98. The molecule has 0 aliphatic heterocycles. The highest BCUT2D eigenvalue weighted by Crippen LogP contribution is 2.19. The van der Waals surface area contributed by atoms with Gasteiger partial charge in [0.2, 0.25) is 5.82 Å². The van der Waals surface area contributed by atoms with Crippen LogP contribution >= 0.6 is 0 Å². The Morgan fingerprint density at radius 2 is 2.40 bits per heavy atom. The normalized spacial score (nSPS) is 24.7. The van der Waals surface area contributed by atoms with Gasteiger partial charge in [0.15, 0.2) is 0 Å². The lowest BCUT2D eigenvalue weighted by molar-refractivity contribution is 0.0558. The van der Waals surface area contributed by atoms with Gasteiger partial charge in [0.25, 0.3) is 5.91 Å². The van der Waals surface area contributed by atoms with E-state index in [1.165, 1.54) is 0 Å². The van der Waals surface area contributed by atoms with Crippen molar-refractivity contribution >= 4 is 5.91 Å². The zero-order valence-corrected chi connectivity index (χ0v) is 8.53. The van der Waals surface area contributed by atoms with Crippen molar-refractivity contribution in [1.82, 2.24) is 20.5 Å². The van der Waals surface area contributed by atoms with E-state index in [9.17, 15) is 4.79 Å². The number of carbonyl (C=O) groups excluding carboxylic acids is 1. The van der Waals surface area contributed by atoms with E-state index in [1.807, 2.05) is 6.92 Å². The van der Waals surface area contributed by atoms with Crippen LogP contribution in [0.4, 0.5) is 0 Å². The Morgan fingerprint density at radius 3 is 2.93 bits per heavy atom. The van der Waals surface area contributed by atoms with Crippen molar-refractivity contribution in [1.29, 1.82) is 0 Å². The fourth-order valence-electron chi connectivity index (χ4n) is 1.51. The van der Waals surface area contributed by atoms with Crippen LogP contribution in [0.2, 0.25) is 0 Å². The standard InChI is InChI=1S/C9H14N4O2/c1-2-7-11-8(13-12-7)9(15)10-5-3-6(14)4-5/h5-6,14H,2-4H2,1H3,(H,10,15)(H,11,12,13). The van der Waals surface area contributed by atoms with Crippen molar-refractivity contribution in [3.63, 3.8) is 0 Å². The summed E-state index contributed by atoms with van der Waals surface area (Å²) in [4.78, 5) is 15.6. The fraction of sp³-hybridized carbons (Fsp3) is 0.667. The number of nitrogens with one attached hydrogen (secondary N) is 2. The Labute approximate surface area is 87.1 Å². The first-order valence-electron chi connectivity index (χ1n) is 5.09. The van der Waals surface area contributed by atoms with E-state index in [-0.39, 0.29) is 23.9 Å². The molecule has 0 aromatic carbocycles. The van der Waals surface area contributed by atoms with Gasteiger partial charge in [-0.1, -0.05) is 6.92 Å². The highest BCUT2D eigenvalue weighted by molar-refractivity contribution is 5.90. The third-order valence-corrected chi connectivity index (χ3v) is 2.52. The Kier molecular flexibility index (Phi) is 2.68. The van der Waals surface area contributed by atoms with Crippen LogP contribution in [0.3, 0.4) is 0 Å². The summed E-state index contributed by atoms with van der Waals surface area (Å²) in [6, 6.07) is 0.0658. The molecule has 1 saturated carbocycles. The van der Waals surface area contributed by atoms with Crippen LogP contribution in [-0.4, -0.2) is 38.3 Å². The Hall–Kier alpha value is -1.43. The van der Waals surface area contributed by atoms with Gasteiger partial charge in [-0.15, -0.1) is 5.10 Å². The Balaban J connectivity index is 1.90. The number of aliphatic hydroxyl groups is 1. The van der Waals surface area contributed by atoms with Crippen molar-refractivity contribution in [2.75, 3.05) is 0 Å². The highest BCUT2D eigenvalue weighted by atomic mass is 16.3. The summed E-state index contributed by atoms with van der Waals surface area (Å²) in [5.41, 5.74) is 0. The number of hydrogen-bond acceptors (Lipinski definition) is 4. The molecule has 6 nitrogen and oxygen atoms in total. The van der Waals surface area contributed by atoms with E-state index >= 15 is 0 Å². The monoisotopic (exact) mass is 210 g/mol. The van der Waals surface area contributed by atoms with E-state index < -0.39 is 0 Å². The summed E-state index contributed by atoms with van der Waals surface area (Å²) in [7, 11) is 0. The van der Waals surface area contributed by atoms with Crippen LogP contribution in [0.25, 0.3) is 0 Å². The predicted molar refractivity (Wildman–Crippen MR) is 52.3 cm³/mol. The van der Waals surface area contributed by atoms with Crippen molar-refractivity contribution in [2.24, 2.45) is 0 Å². The first kappa shape index (κ1) is 10.1. The maximum atomic E-state index is 11.5. The largest absolute Gasteiger partial charge is 0.393 e. The minimum Gasteiger partial charge on any atom is -0.393 e. The Bertz CT molecular complexity index is 357. The molecular formula is C9H14N4O2. The van der Waals surface area contributed by atoms with E-state index in [4.69, 9.17) is 5.11 Å². The third kappa shape index (κ3) is 2.15. The van der Waals surface area contributed by atoms with Crippen LogP contribution in [0.5, 0.6) is 0 Å². The summed E-state index contributed by atoms with van der Waals surface area (Å²) in [6.07, 6.45) is 1.70. The van der Waals surface area contributed by atoms with Crippen molar-refractivity contribution in [3.8, 4) is 0 Å². The van der Waals surface area contributed by atoms with Crippen molar-refractivity contribution in [2.45, 2.75) is 38.3 Å². The first-order chi connectivity index (χ1) is 7.19. The SMILES string of the molecule is CCc1nc(C(=O)NC2CC(O)C2)n[nH]1. The minimum absolute atomic E-state index is 0.0658. The number of H-pyrrole nitrogens is 1. The van der Waals surface area contributed by atoms with Crippen LogP contribution in [0.1, 0.15) is 36.2 Å². The van der Waals surface area contributed by atoms with Gasteiger partial charge in [0.05, 0.1) is 6.10 Å². The fourth-order valence-corrected chi connectivity index (χ4v) is 1.51. The molecule has 1 amide bonds. The number of hydrogen-bond donors (Lipinski definition) is 3. The van der Waals surface area contributed by atoms with Crippen LogP contribution in [0.15, 0.2) is 0 Å². The molecule has 3 N–H and O–H groups in total. The van der Waals surface area contributed by atoms with E-state index in [2.05, 4.69) is 20.5 Å². The topological polar surface area (TPSA) is 90.9 Å². The summed E-state index contributed by atoms with van der Waals surface area (Å²) < 4.78 is 0. The summed E-state index contributed by atoms with van der Waals surface area (Å²) >= 11 is 0. The summed E-state index contributed by atoms with van der Waals surface area (Å²) in [5.74, 6) is 0.602. The zero-order valence-electron chi connectivity index (χ0n) is 8.53. The number of aliphatic hydroxyl groups excluding tert-OH is 1. The molecular weight excluding hydrogens is 196 g/mol. The second-order valence-corrected chi connectivity index (χ2v) is 3.75. The van der Waals surface area contributed by atoms with Gasteiger partial charge in [0, 0.05) is 12.5 Å². The van der Waals surface area contributed by atoms with Gasteiger partial charge in [-0.25, -0.2) is 4.98 Å². The maximum absolute atomic E-state index is 11.5. The van der Waals surface area contributed by atoms with Gasteiger partial charge >= 0.3 is 0 Å². The number of carbonyl (C=O) groups is 1. The molecule has 2 rings (SSSR count). The smallest absolute Gasteiger partial charge is 0.291 e. The molecule has 15 heavy (non-hydrogen) atoms. The third-order valence-electron chi connectivity index (χ3n) is 2.52. The molecule has 1 aromatic rings. The van der Waals surface area contributed by atoms with Gasteiger partial charge < -0.3 is 10.4 Å². The number of nitrogens with zero attached hydrogens (tertiary/aromatic N) is 2. The van der Waals surface area contributed by atoms with Crippen LogP contribution in [-0.2, 0) is 6.42 Å². The highest BCUT2D eigenvalue weighted by Gasteiger charge is 2.29. The molecule has 6 heteroatoms. The molecule has 1 aliphatic carbocycles. The molecule has 0 bridgehead atoms. The quantitative estimate of drug-likeness (QED) is 0.634. The van der Waals surface area contributed by atoms with Crippen LogP contribution < -0.4 is 5.32 Å². The molecule has 82 valence electrons. The molecule has 0 radical (unpaired) electrons. The lowest BCUT2D eigenvalue weighted by Gasteiger charge is -2.31. The lowest BCUT2D eigenvalue weighted by atomic mass is 9.89. The second-order valence-electron chi connectivity index (χ2n) is 3.75. The number of aromatic nitrogens is 3. The first-order valence-corrected chi connectivity index (χ1v) is 5.09. The predicted octanol–water partition coefficient (Wildman–Crippen LogP) is -0.380. The van der Waals surface area contributed by atoms with Gasteiger partial charge in [-0.05, 0) is 12.8 Å². The van der Waals surface area contributed by atoms with Crippen molar-refractivity contribution in [3.05, 3.63) is 11.6 Å². The van der Waals surface area contributed by atoms with E-state index in [1.54, 1.807) is 0 Å². The molecule has 0 unspecified atom stereocenters. The number of aromatic amines is 1. The lowest BCUT2D eigenvalue weighted by Crippen LogP contribution is -2.47. The molecule has 0 spiro atoms. The van der Waals surface area contributed by atoms with E-state index in [0.717, 1.165) is 6.42 Å². The Morgan fingerprint density at radius 1 is 1.67 bits per heavy atom. The number of rotatable bonds is 3. The van der Waals surface area contributed by atoms with Crippen LogP contribution in [0, 0.1) is 0 Å². The number of amides is 1. The average molecular weight is 210 g/mol. The van der Waals surface area contributed by atoms with Gasteiger partial charge in [-0.3, -0.25) is 9.89 Å². The maximum Gasteiger partial charge on any atom is 0.291 e. The van der Waals surface area contributed by atoms with Crippen molar-refractivity contribution < 1.29 is 9.90 Å². The number of aryl methyl sites for hydroxylation is 1. The molecule has 0 atom stereocenters.